The zero-order valence-corrected chi connectivity index (χ0v) is 17.6. The first-order chi connectivity index (χ1) is 12.2. The summed E-state index contributed by atoms with van der Waals surface area (Å²) in [4.78, 5) is 21.1. The fraction of sp³-hybridized carbons (Fsp3) is 0.619. The van der Waals surface area contributed by atoms with Crippen molar-refractivity contribution in [1.29, 1.82) is 0 Å². The van der Waals surface area contributed by atoms with Gasteiger partial charge >= 0.3 is 0 Å². The molecule has 1 aromatic rings. The van der Waals surface area contributed by atoms with Crippen molar-refractivity contribution in [2.24, 2.45) is 11.7 Å². The highest BCUT2D eigenvalue weighted by atomic mass is 16.1. The van der Waals surface area contributed by atoms with E-state index in [2.05, 4.69) is 31.4 Å². The topological polar surface area (TPSA) is 84.2 Å². The van der Waals surface area contributed by atoms with Crippen LogP contribution in [0.4, 0.5) is 5.69 Å². The van der Waals surface area contributed by atoms with Crippen LogP contribution in [0, 0.1) is 5.92 Å². The number of hydrogen-bond donors (Lipinski definition) is 3. The van der Waals surface area contributed by atoms with Crippen molar-refractivity contribution in [3.8, 4) is 0 Å². The van der Waals surface area contributed by atoms with Gasteiger partial charge in [-0.2, -0.15) is 0 Å². The number of benzene rings is 1. The van der Waals surface area contributed by atoms with E-state index in [0.717, 1.165) is 5.69 Å². The summed E-state index contributed by atoms with van der Waals surface area (Å²) in [5.41, 5.74) is 7.53. The summed E-state index contributed by atoms with van der Waals surface area (Å²) in [6.45, 7) is 15.0. The highest BCUT2D eigenvalue weighted by Crippen LogP contribution is 2.16. The number of hydrogen-bond acceptors (Lipinski definition) is 3. The van der Waals surface area contributed by atoms with Crippen LogP contribution in [0.1, 0.15) is 72.8 Å². The third kappa shape index (κ3) is 15.6. The Kier molecular flexibility index (Phi) is 16.8. The number of nitrogens with one attached hydrogen (secondary N) is 2. The molecule has 0 fully saturated rings. The van der Waals surface area contributed by atoms with Crippen LogP contribution in [0.5, 0.6) is 0 Å². The number of carbonyl (C=O) groups is 2. The summed E-state index contributed by atoms with van der Waals surface area (Å²) in [5, 5.41) is 5.41. The van der Waals surface area contributed by atoms with Gasteiger partial charge in [0.25, 0.3) is 0 Å². The summed E-state index contributed by atoms with van der Waals surface area (Å²) >= 11 is 0. The van der Waals surface area contributed by atoms with Crippen LogP contribution in [0.3, 0.4) is 0 Å². The molecule has 0 aliphatic carbocycles. The number of nitrogens with two attached hydrogens (primary N) is 1. The predicted octanol–water partition coefficient (Wildman–Crippen LogP) is 4.29. The molecular weight excluding hydrogens is 326 g/mol. The third-order valence-electron chi connectivity index (χ3n) is 3.10. The number of anilines is 1. The maximum atomic E-state index is 11.0. The van der Waals surface area contributed by atoms with Crippen molar-refractivity contribution in [3.05, 3.63) is 29.8 Å². The lowest BCUT2D eigenvalue weighted by Gasteiger charge is -2.09. The third-order valence-corrected chi connectivity index (χ3v) is 3.10. The molecule has 0 aromatic heterocycles. The minimum absolute atomic E-state index is 0.157. The first-order valence-corrected chi connectivity index (χ1v) is 9.51. The standard InChI is InChI=1S/C10H14N2O.C8H17NO.C3H8/c1-8(6-11)9-2-4-10(5-3-9)12-7-13;1-6(2)5-8(10)9-7(3)4;1-3-2/h2-5,7-8H,6,11H2,1H3,(H,12,13);6-7H,5H2,1-4H3,(H,9,10);3H2,1-2H3. The zero-order chi connectivity index (χ0) is 20.5. The summed E-state index contributed by atoms with van der Waals surface area (Å²) in [5.74, 6) is 0.981. The van der Waals surface area contributed by atoms with E-state index in [0.29, 0.717) is 31.2 Å². The maximum Gasteiger partial charge on any atom is 0.220 e. The Labute approximate surface area is 160 Å². The summed E-state index contributed by atoms with van der Waals surface area (Å²) in [7, 11) is 0. The Balaban J connectivity index is 0. The number of amides is 2. The Hall–Kier alpha value is -1.88. The molecule has 0 saturated heterocycles. The van der Waals surface area contributed by atoms with Crippen LogP contribution in [-0.4, -0.2) is 24.9 Å². The summed E-state index contributed by atoms with van der Waals surface area (Å²) in [6, 6.07) is 7.96. The van der Waals surface area contributed by atoms with Gasteiger partial charge in [-0.05, 0) is 49.9 Å². The van der Waals surface area contributed by atoms with Crippen molar-refractivity contribution < 1.29 is 9.59 Å². The molecule has 1 rings (SSSR count). The minimum Gasteiger partial charge on any atom is -0.354 e. The van der Waals surface area contributed by atoms with Gasteiger partial charge in [-0.25, -0.2) is 0 Å². The van der Waals surface area contributed by atoms with Crippen LogP contribution in [-0.2, 0) is 9.59 Å². The lowest BCUT2D eigenvalue weighted by molar-refractivity contribution is -0.122. The van der Waals surface area contributed by atoms with E-state index in [4.69, 9.17) is 5.73 Å². The van der Waals surface area contributed by atoms with E-state index in [1.54, 1.807) is 0 Å². The molecule has 0 heterocycles. The molecule has 0 bridgehead atoms. The predicted molar refractivity (Wildman–Crippen MR) is 112 cm³/mol. The van der Waals surface area contributed by atoms with Gasteiger partial charge in [-0.3, -0.25) is 9.59 Å². The van der Waals surface area contributed by atoms with Crippen molar-refractivity contribution in [2.75, 3.05) is 11.9 Å². The number of rotatable bonds is 7. The van der Waals surface area contributed by atoms with Crippen LogP contribution < -0.4 is 16.4 Å². The van der Waals surface area contributed by atoms with Crippen LogP contribution >= 0.6 is 0 Å². The van der Waals surface area contributed by atoms with Gasteiger partial charge in [-0.15, -0.1) is 0 Å². The average molecular weight is 366 g/mol. The van der Waals surface area contributed by atoms with E-state index in [9.17, 15) is 9.59 Å². The summed E-state index contributed by atoms with van der Waals surface area (Å²) in [6.07, 6.45) is 2.56. The van der Waals surface area contributed by atoms with Gasteiger partial charge in [0.2, 0.25) is 12.3 Å². The van der Waals surface area contributed by atoms with Crippen molar-refractivity contribution in [2.45, 2.75) is 73.3 Å². The van der Waals surface area contributed by atoms with Crippen LogP contribution in [0.15, 0.2) is 24.3 Å². The van der Waals surface area contributed by atoms with E-state index in [1.807, 2.05) is 52.0 Å². The Morgan fingerprint density at radius 2 is 1.58 bits per heavy atom. The number of carbonyl (C=O) groups excluding carboxylic acids is 2. The SMILES string of the molecule is CC(C)CC(=O)NC(C)C.CC(CN)c1ccc(NC=O)cc1.CCC. The van der Waals surface area contributed by atoms with E-state index in [-0.39, 0.29) is 11.9 Å². The Morgan fingerprint density at radius 1 is 1.08 bits per heavy atom. The van der Waals surface area contributed by atoms with Gasteiger partial charge < -0.3 is 16.4 Å². The molecule has 150 valence electrons. The van der Waals surface area contributed by atoms with E-state index in [1.165, 1.54) is 12.0 Å². The largest absolute Gasteiger partial charge is 0.354 e. The molecule has 1 aromatic carbocycles. The molecule has 5 heteroatoms. The molecule has 0 radical (unpaired) electrons. The molecular formula is C21H39N3O2. The fourth-order valence-electron chi connectivity index (χ4n) is 1.86. The van der Waals surface area contributed by atoms with E-state index < -0.39 is 0 Å². The molecule has 26 heavy (non-hydrogen) atoms. The van der Waals surface area contributed by atoms with Crippen molar-refractivity contribution >= 4 is 18.0 Å². The van der Waals surface area contributed by atoms with Gasteiger partial charge in [0.15, 0.2) is 0 Å². The normalized spacial score (nSPS) is 10.8. The van der Waals surface area contributed by atoms with Crippen LogP contribution in [0.25, 0.3) is 0 Å². The molecule has 0 saturated carbocycles. The van der Waals surface area contributed by atoms with Crippen molar-refractivity contribution in [3.63, 3.8) is 0 Å². The monoisotopic (exact) mass is 365 g/mol. The first-order valence-electron chi connectivity index (χ1n) is 9.51. The lowest BCUT2D eigenvalue weighted by atomic mass is 10.0. The highest BCUT2D eigenvalue weighted by Gasteiger charge is 2.04. The zero-order valence-electron chi connectivity index (χ0n) is 17.6. The average Bonchev–Trinajstić information content (AvgIpc) is 2.55. The van der Waals surface area contributed by atoms with Crippen molar-refractivity contribution in [1.82, 2.24) is 5.32 Å². The molecule has 1 unspecified atom stereocenters. The second kappa shape index (κ2) is 16.6. The highest BCUT2D eigenvalue weighted by molar-refractivity contribution is 5.76. The molecule has 0 aliphatic rings. The van der Waals surface area contributed by atoms with Gasteiger partial charge in [0.1, 0.15) is 0 Å². The molecule has 2 amide bonds. The first kappa shape index (κ1) is 26.4. The molecule has 0 spiro atoms. The maximum absolute atomic E-state index is 11.0. The Bertz CT molecular complexity index is 459. The molecule has 0 aliphatic heterocycles. The lowest BCUT2D eigenvalue weighted by Crippen LogP contribution is -2.30. The smallest absolute Gasteiger partial charge is 0.220 e. The molecule has 4 N–H and O–H groups in total. The fourth-order valence-corrected chi connectivity index (χ4v) is 1.86. The second-order valence-electron chi connectivity index (χ2n) is 7.05. The van der Waals surface area contributed by atoms with Gasteiger partial charge in [0, 0.05) is 18.2 Å². The van der Waals surface area contributed by atoms with Crippen LogP contribution in [0.2, 0.25) is 0 Å². The van der Waals surface area contributed by atoms with E-state index >= 15 is 0 Å². The minimum atomic E-state index is 0.157. The second-order valence-corrected chi connectivity index (χ2v) is 7.05. The summed E-state index contributed by atoms with van der Waals surface area (Å²) < 4.78 is 0. The quantitative estimate of drug-likeness (QED) is 0.630. The van der Waals surface area contributed by atoms with Gasteiger partial charge in [-0.1, -0.05) is 53.2 Å². The van der Waals surface area contributed by atoms with Gasteiger partial charge in [0.05, 0.1) is 0 Å². The Morgan fingerprint density at radius 3 is 1.92 bits per heavy atom. The molecule has 1 atom stereocenters. The molecule has 5 nitrogen and oxygen atoms in total.